The molecule has 132 valence electrons. The fourth-order valence-corrected chi connectivity index (χ4v) is 2.76. The van der Waals surface area contributed by atoms with Gasteiger partial charge in [-0.25, -0.2) is 0 Å². The number of nitrogens with one attached hydrogen (secondary N) is 1. The standard InChI is InChI=1S/C19H19N5O2/c1-2-24(12-14-6-4-3-5-7-14)18-11-20-23-19(22-18)21-15-8-9-16-17(10-15)26-13-25-16/h3-11H,2,12-13H2,1H3,(H,21,22,23). The van der Waals surface area contributed by atoms with Gasteiger partial charge in [-0.3, -0.25) is 0 Å². The summed E-state index contributed by atoms with van der Waals surface area (Å²) >= 11 is 0. The number of anilines is 3. The van der Waals surface area contributed by atoms with Gasteiger partial charge in [0.2, 0.25) is 12.7 Å². The summed E-state index contributed by atoms with van der Waals surface area (Å²) in [6.07, 6.45) is 1.68. The Morgan fingerprint density at radius 1 is 1.08 bits per heavy atom. The van der Waals surface area contributed by atoms with Gasteiger partial charge in [0.25, 0.3) is 0 Å². The zero-order valence-corrected chi connectivity index (χ0v) is 14.4. The average Bonchev–Trinajstić information content (AvgIpc) is 3.15. The van der Waals surface area contributed by atoms with Crippen LogP contribution in [-0.4, -0.2) is 28.5 Å². The minimum absolute atomic E-state index is 0.247. The summed E-state index contributed by atoms with van der Waals surface area (Å²) in [5, 5.41) is 11.3. The van der Waals surface area contributed by atoms with Gasteiger partial charge in [-0.1, -0.05) is 30.3 Å². The lowest BCUT2D eigenvalue weighted by molar-refractivity contribution is 0.174. The van der Waals surface area contributed by atoms with Crippen molar-refractivity contribution in [2.45, 2.75) is 13.5 Å². The second-order valence-corrected chi connectivity index (χ2v) is 5.83. The molecule has 0 saturated carbocycles. The molecule has 0 radical (unpaired) electrons. The Balaban J connectivity index is 1.52. The van der Waals surface area contributed by atoms with Gasteiger partial charge in [0.1, 0.15) is 0 Å². The molecule has 2 heterocycles. The first-order chi connectivity index (χ1) is 12.8. The molecule has 7 heteroatoms. The van der Waals surface area contributed by atoms with Crippen molar-refractivity contribution in [2.24, 2.45) is 0 Å². The lowest BCUT2D eigenvalue weighted by atomic mass is 10.2. The SMILES string of the molecule is CCN(Cc1ccccc1)c1cnnc(Nc2ccc3c(c2)OCO3)n1. The summed E-state index contributed by atoms with van der Waals surface area (Å²) in [4.78, 5) is 6.75. The predicted molar refractivity (Wildman–Crippen MR) is 98.8 cm³/mol. The van der Waals surface area contributed by atoms with Gasteiger partial charge in [-0.2, -0.15) is 10.1 Å². The summed E-state index contributed by atoms with van der Waals surface area (Å²) in [5.41, 5.74) is 2.04. The third-order valence-corrected chi connectivity index (χ3v) is 4.10. The van der Waals surface area contributed by atoms with Gasteiger partial charge >= 0.3 is 0 Å². The fourth-order valence-electron chi connectivity index (χ4n) is 2.76. The average molecular weight is 349 g/mol. The van der Waals surface area contributed by atoms with Gasteiger partial charge in [0, 0.05) is 24.8 Å². The second kappa shape index (κ2) is 7.26. The maximum atomic E-state index is 5.40. The van der Waals surface area contributed by atoms with Crippen molar-refractivity contribution in [1.82, 2.24) is 15.2 Å². The van der Waals surface area contributed by atoms with Crippen molar-refractivity contribution in [2.75, 3.05) is 23.6 Å². The zero-order chi connectivity index (χ0) is 17.8. The first-order valence-electron chi connectivity index (χ1n) is 8.47. The van der Waals surface area contributed by atoms with Crippen molar-refractivity contribution in [3.8, 4) is 11.5 Å². The van der Waals surface area contributed by atoms with Crippen LogP contribution in [0.25, 0.3) is 0 Å². The van der Waals surface area contributed by atoms with Crippen LogP contribution in [0.5, 0.6) is 11.5 Å². The van der Waals surface area contributed by atoms with E-state index in [1.807, 2.05) is 36.4 Å². The summed E-state index contributed by atoms with van der Waals surface area (Å²) < 4.78 is 10.7. The zero-order valence-electron chi connectivity index (χ0n) is 14.4. The van der Waals surface area contributed by atoms with Crippen molar-refractivity contribution >= 4 is 17.5 Å². The number of nitrogens with zero attached hydrogens (tertiary/aromatic N) is 4. The molecule has 0 saturated heterocycles. The molecule has 1 N–H and O–H groups in total. The van der Waals surface area contributed by atoms with Crippen LogP contribution in [0.2, 0.25) is 0 Å². The van der Waals surface area contributed by atoms with E-state index < -0.39 is 0 Å². The maximum absolute atomic E-state index is 5.40. The molecule has 0 bridgehead atoms. The Bertz CT molecular complexity index is 888. The molecule has 3 aromatic rings. The van der Waals surface area contributed by atoms with Crippen LogP contribution in [0.15, 0.2) is 54.7 Å². The molecule has 4 rings (SSSR count). The lowest BCUT2D eigenvalue weighted by Crippen LogP contribution is -2.23. The molecule has 1 aliphatic heterocycles. The molecule has 0 fully saturated rings. The Hall–Kier alpha value is -3.35. The highest BCUT2D eigenvalue weighted by Gasteiger charge is 2.14. The van der Waals surface area contributed by atoms with E-state index in [1.54, 1.807) is 6.20 Å². The Labute approximate surface area is 151 Å². The number of ether oxygens (including phenoxy) is 2. The molecule has 7 nitrogen and oxygen atoms in total. The molecule has 26 heavy (non-hydrogen) atoms. The molecule has 1 aliphatic rings. The van der Waals surface area contributed by atoms with Crippen LogP contribution < -0.4 is 19.7 Å². The summed E-state index contributed by atoms with van der Waals surface area (Å²) in [5.74, 6) is 2.66. The van der Waals surface area contributed by atoms with Crippen LogP contribution in [-0.2, 0) is 6.54 Å². The Kier molecular flexibility index (Phi) is 4.51. The van der Waals surface area contributed by atoms with E-state index >= 15 is 0 Å². The summed E-state index contributed by atoms with van der Waals surface area (Å²) in [7, 11) is 0. The number of fused-ring (bicyclic) bond motifs is 1. The minimum Gasteiger partial charge on any atom is -0.454 e. The van der Waals surface area contributed by atoms with E-state index in [1.165, 1.54) is 5.56 Å². The first kappa shape index (κ1) is 16.1. The summed E-state index contributed by atoms with van der Waals surface area (Å²) in [6.45, 7) is 3.92. The van der Waals surface area contributed by atoms with Gasteiger partial charge in [0.15, 0.2) is 17.3 Å². The van der Waals surface area contributed by atoms with Crippen LogP contribution in [0.4, 0.5) is 17.5 Å². The maximum Gasteiger partial charge on any atom is 0.249 e. The Morgan fingerprint density at radius 2 is 1.92 bits per heavy atom. The molecular formula is C19H19N5O2. The second-order valence-electron chi connectivity index (χ2n) is 5.83. The van der Waals surface area contributed by atoms with Gasteiger partial charge < -0.3 is 19.7 Å². The van der Waals surface area contributed by atoms with Crippen LogP contribution in [0.1, 0.15) is 12.5 Å². The van der Waals surface area contributed by atoms with Crippen LogP contribution >= 0.6 is 0 Å². The number of aromatic nitrogens is 3. The highest BCUT2D eigenvalue weighted by molar-refractivity contribution is 5.60. The molecular weight excluding hydrogens is 330 g/mol. The third kappa shape index (κ3) is 3.51. The van der Waals surface area contributed by atoms with Crippen molar-refractivity contribution in [3.63, 3.8) is 0 Å². The van der Waals surface area contributed by atoms with Crippen LogP contribution in [0, 0.1) is 0 Å². The fraction of sp³-hybridized carbons (Fsp3) is 0.211. The van der Waals surface area contributed by atoms with E-state index in [0.29, 0.717) is 11.7 Å². The van der Waals surface area contributed by atoms with Crippen LogP contribution in [0.3, 0.4) is 0 Å². The topological polar surface area (TPSA) is 72.4 Å². The molecule has 1 aromatic heterocycles. The molecule has 0 amide bonds. The number of benzene rings is 2. The molecule has 0 atom stereocenters. The highest BCUT2D eigenvalue weighted by atomic mass is 16.7. The number of hydrogen-bond donors (Lipinski definition) is 1. The van der Waals surface area contributed by atoms with Crippen molar-refractivity contribution < 1.29 is 9.47 Å². The number of rotatable bonds is 6. The monoisotopic (exact) mass is 349 g/mol. The lowest BCUT2D eigenvalue weighted by Gasteiger charge is -2.21. The van der Waals surface area contributed by atoms with Crippen molar-refractivity contribution in [1.29, 1.82) is 0 Å². The Morgan fingerprint density at radius 3 is 2.77 bits per heavy atom. The van der Waals surface area contributed by atoms with E-state index in [2.05, 4.69) is 44.5 Å². The van der Waals surface area contributed by atoms with Gasteiger partial charge in [-0.05, 0) is 24.6 Å². The highest BCUT2D eigenvalue weighted by Crippen LogP contribution is 2.34. The van der Waals surface area contributed by atoms with E-state index in [0.717, 1.165) is 30.3 Å². The molecule has 2 aromatic carbocycles. The normalized spacial score (nSPS) is 12.0. The smallest absolute Gasteiger partial charge is 0.249 e. The molecule has 0 unspecified atom stereocenters. The number of hydrogen-bond acceptors (Lipinski definition) is 7. The quantitative estimate of drug-likeness (QED) is 0.731. The van der Waals surface area contributed by atoms with E-state index in [9.17, 15) is 0 Å². The molecule has 0 spiro atoms. The van der Waals surface area contributed by atoms with E-state index in [4.69, 9.17) is 9.47 Å². The molecule has 0 aliphatic carbocycles. The van der Waals surface area contributed by atoms with Crippen molar-refractivity contribution in [3.05, 3.63) is 60.3 Å². The first-order valence-corrected chi connectivity index (χ1v) is 8.47. The summed E-state index contributed by atoms with van der Waals surface area (Å²) in [6, 6.07) is 15.9. The predicted octanol–water partition coefficient (Wildman–Crippen LogP) is 3.37. The van der Waals surface area contributed by atoms with Gasteiger partial charge in [0.05, 0.1) is 6.20 Å². The van der Waals surface area contributed by atoms with E-state index in [-0.39, 0.29) is 6.79 Å². The third-order valence-electron chi connectivity index (χ3n) is 4.10. The minimum atomic E-state index is 0.247. The van der Waals surface area contributed by atoms with Gasteiger partial charge in [-0.15, -0.1) is 5.10 Å². The largest absolute Gasteiger partial charge is 0.454 e.